The van der Waals surface area contributed by atoms with E-state index in [4.69, 9.17) is 0 Å². The Morgan fingerprint density at radius 2 is 1.95 bits per heavy atom. The maximum atomic E-state index is 4.32. The number of hydrogen-bond donors (Lipinski definition) is 0. The molecular formula is C18H27N. The second kappa shape index (κ2) is 7.93. The smallest absolute Gasteiger partial charge is 0.0447 e. The summed E-state index contributed by atoms with van der Waals surface area (Å²) in [6, 6.07) is 4.67. The van der Waals surface area contributed by atoms with Gasteiger partial charge in [0.1, 0.15) is 0 Å². The number of benzene rings is 1. The van der Waals surface area contributed by atoms with Gasteiger partial charge in [0.15, 0.2) is 0 Å². The lowest BCUT2D eigenvalue weighted by molar-refractivity contribution is 0.713. The van der Waals surface area contributed by atoms with E-state index < -0.39 is 0 Å². The van der Waals surface area contributed by atoms with E-state index in [0.717, 1.165) is 12.1 Å². The quantitative estimate of drug-likeness (QED) is 0.468. The first-order chi connectivity index (χ1) is 9.13. The fourth-order valence-corrected chi connectivity index (χ4v) is 2.54. The third-order valence-electron chi connectivity index (χ3n) is 3.65. The molecule has 0 fully saturated rings. The van der Waals surface area contributed by atoms with Crippen molar-refractivity contribution < 1.29 is 0 Å². The SMILES string of the molecule is C=CN=C(C)c1cc(CC)c(CCCCC)cc1C. The van der Waals surface area contributed by atoms with E-state index >= 15 is 0 Å². The van der Waals surface area contributed by atoms with E-state index in [0.29, 0.717) is 0 Å². The van der Waals surface area contributed by atoms with Crippen LogP contribution in [-0.4, -0.2) is 5.71 Å². The second-order valence-corrected chi connectivity index (χ2v) is 5.14. The average molecular weight is 257 g/mol. The fraction of sp³-hybridized carbons (Fsp3) is 0.500. The van der Waals surface area contributed by atoms with E-state index in [9.17, 15) is 0 Å². The molecule has 0 unspecified atom stereocenters. The molecule has 1 rings (SSSR count). The van der Waals surface area contributed by atoms with Gasteiger partial charge in [-0.05, 0) is 61.4 Å². The van der Waals surface area contributed by atoms with Gasteiger partial charge in [-0.2, -0.15) is 0 Å². The number of rotatable bonds is 7. The van der Waals surface area contributed by atoms with Crippen molar-refractivity contribution in [2.75, 3.05) is 0 Å². The molecule has 0 saturated heterocycles. The van der Waals surface area contributed by atoms with Crippen LogP contribution in [0.1, 0.15) is 62.3 Å². The molecule has 0 saturated carbocycles. The predicted octanol–water partition coefficient (Wildman–Crippen LogP) is 5.24. The zero-order valence-electron chi connectivity index (χ0n) is 12.9. The lowest BCUT2D eigenvalue weighted by Gasteiger charge is -2.13. The van der Waals surface area contributed by atoms with Crippen molar-refractivity contribution in [3.8, 4) is 0 Å². The van der Waals surface area contributed by atoms with Crippen molar-refractivity contribution in [1.29, 1.82) is 0 Å². The van der Waals surface area contributed by atoms with Gasteiger partial charge in [0.05, 0.1) is 0 Å². The van der Waals surface area contributed by atoms with E-state index in [1.165, 1.54) is 47.9 Å². The highest BCUT2D eigenvalue weighted by atomic mass is 14.7. The van der Waals surface area contributed by atoms with Gasteiger partial charge in [-0.15, -0.1) is 0 Å². The zero-order chi connectivity index (χ0) is 14.3. The Morgan fingerprint density at radius 1 is 1.21 bits per heavy atom. The van der Waals surface area contributed by atoms with E-state index in [-0.39, 0.29) is 0 Å². The summed E-state index contributed by atoms with van der Waals surface area (Å²) in [5.41, 5.74) is 6.63. The molecule has 0 heterocycles. The molecule has 0 amide bonds. The molecule has 0 aromatic heterocycles. The molecule has 0 spiro atoms. The molecule has 0 N–H and O–H groups in total. The normalized spacial score (nSPS) is 11.7. The Bertz CT molecular complexity index is 455. The third-order valence-corrected chi connectivity index (χ3v) is 3.65. The summed E-state index contributed by atoms with van der Waals surface area (Å²) in [6.07, 6.45) is 7.81. The standard InChI is InChI=1S/C18H27N/c1-6-9-10-11-17-12-14(4)18(13-16(17)7-2)15(5)19-8-3/h8,12-13H,3,6-7,9-11H2,1-2,4-5H3. The maximum Gasteiger partial charge on any atom is 0.0447 e. The first-order valence-electron chi connectivity index (χ1n) is 7.42. The van der Waals surface area contributed by atoms with E-state index in [1.54, 1.807) is 6.20 Å². The van der Waals surface area contributed by atoms with Crippen LogP contribution in [0.4, 0.5) is 0 Å². The molecule has 1 heteroatoms. The first kappa shape index (κ1) is 15.7. The molecule has 0 aliphatic heterocycles. The lowest BCUT2D eigenvalue weighted by Crippen LogP contribution is -2.03. The van der Waals surface area contributed by atoms with Gasteiger partial charge in [-0.1, -0.05) is 39.3 Å². The fourth-order valence-electron chi connectivity index (χ4n) is 2.54. The summed E-state index contributed by atoms with van der Waals surface area (Å²) in [5.74, 6) is 0. The van der Waals surface area contributed by atoms with Gasteiger partial charge in [0.25, 0.3) is 0 Å². The number of hydrogen-bond acceptors (Lipinski definition) is 1. The highest BCUT2D eigenvalue weighted by Crippen LogP contribution is 2.20. The topological polar surface area (TPSA) is 12.4 Å². The highest BCUT2D eigenvalue weighted by molar-refractivity contribution is 6.00. The summed E-state index contributed by atoms with van der Waals surface area (Å²) in [6.45, 7) is 12.4. The number of aliphatic imine (C=N–C) groups is 1. The van der Waals surface area contributed by atoms with Crippen molar-refractivity contribution in [1.82, 2.24) is 0 Å². The minimum atomic E-state index is 1.06. The predicted molar refractivity (Wildman–Crippen MR) is 86.2 cm³/mol. The van der Waals surface area contributed by atoms with Crippen LogP contribution in [-0.2, 0) is 12.8 Å². The van der Waals surface area contributed by atoms with Crippen LogP contribution >= 0.6 is 0 Å². The summed E-state index contributed by atoms with van der Waals surface area (Å²) in [7, 11) is 0. The summed E-state index contributed by atoms with van der Waals surface area (Å²) < 4.78 is 0. The van der Waals surface area contributed by atoms with Crippen molar-refractivity contribution in [3.05, 3.63) is 47.2 Å². The highest BCUT2D eigenvalue weighted by Gasteiger charge is 2.08. The monoisotopic (exact) mass is 257 g/mol. The van der Waals surface area contributed by atoms with Crippen molar-refractivity contribution in [2.24, 2.45) is 4.99 Å². The number of aryl methyl sites for hydroxylation is 3. The van der Waals surface area contributed by atoms with Crippen LogP contribution in [0.15, 0.2) is 29.9 Å². The van der Waals surface area contributed by atoms with Crippen LogP contribution in [0.3, 0.4) is 0 Å². The van der Waals surface area contributed by atoms with Crippen LogP contribution in [0.5, 0.6) is 0 Å². The van der Waals surface area contributed by atoms with Crippen LogP contribution in [0, 0.1) is 6.92 Å². The molecule has 1 nitrogen and oxygen atoms in total. The minimum absolute atomic E-state index is 1.06. The average Bonchev–Trinajstić information content (AvgIpc) is 2.39. The summed E-state index contributed by atoms with van der Waals surface area (Å²) in [4.78, 5) is 4.32. The Morgan fingerprint density at radius 3 is 2.53 bits per heavy atom. The van der Waals surface area contributed by atoms with E-state index in [1.807, 2.05) is 0 Å². The van der Waals surface area contributed by atoms with Gasteiger partial charge < -0.3 is 0 Å². The van der Waals surface area contributed by atoms with Crippen LogP contribution < -0.4 is 0 Å². The molecule has 0 aliphatic rings. The van der Waals surface area contributed by atoms with E-state index in [2.05, 4.69) is 51.4 Å². The molecule has 19 heavy (non-hydrogen) atoms. The van der Waals surface area contributed by atoms with Crippen molar-refractivity contribution in [2.45, 2.75) is 59.8 Å². The van der Waals surface area contributed by atoms with Gasteiger partial charge in [-0.3, -0.25) is 4.99 Å². The molecule has 0 bridgehead atoms. The third kappa shape index (κ3) is 4.34. The molecule has 1 aromatic carbocycles. The zero-order valence-corrected chi connectivity index (χ0v) is 12.9. The lowest BCUT2D eigenvalue weighted by atomic mass is 9.92. The minimum Gasteiger partial charge on any atom is -0.262 e. The summed E-state index contributed by atoms with van der Waals surface area (Å²) >= 11 is 0. The Hall–Kier alpha value is -1.37. The molecule has 1 aromatic rings. The Balaban J connectivity index is 3.06. The molecular weight excluding hydrogens is 230 g/mol. The number of unbranched alkanes of at least 4 members (excludes halogenated alkanes) is 2. The van der Waals surface area contributed by atoms with Gasteiger partial charge in [0.2, 0.25) is 0 Å². The van der Waals surface area contributed by atoms with Gasteiger partial charge in [-0.25, -0.2) is 0 Å². The molecule has 0 radical (unpaired) electrons. The van der Waals surface area contributed by atoms with Gasteiger partial charge in [0, 0.05) is 11.9 Å². The first-order valence-corrected chi connectivity index (χ1v) is 7.42. The second-order valence-electron chi connectivity index (χ2n) is 5.14. The van der Waals surface area contributed by atoms with Crippen molar-refractivity contribution in [3.63, 3.8) is 0 Å². The summed E-state index contributed by atoms with van der Waals surface area (Å²) in [5, 5.41) is 0. The maximum absolute atomic E-state index is 4.32. The Kier molecular flexibility index (Phi) is 6.55. The Labute approximate surface area is 118 Å². The molecule has 104 valence electrons. The largest absolute Gasteiger partial charge is 0.262 e. The van der Waals surface area contributed by atoms with Gasteiger partial charge >= 0.3 is 0 Å². The molecule has 0 atom stereocenters. The van der Waals surface area contributed by atoms with Crippen molar-refractivity contribution >= 4 is 5.71 Å². The van der Waals surface area contributed by atoms with Crippen LogP contribution in [0.25, 0.3) is 0 Å². The van der Waals surface area contributed by atoms with Crippen LogP contribution in [0.2, 0.25) is 0 Å². The molecule has 0 aliphatic carbocycles. The number of nitrogens with zero attached hydrogens (tertiary/aromatic N) is 1.